The highest BCUT2D eigenvalue weighted by Crippen LogP contribution is 2.37. The molecular formula is C27H24BrN3O5S. The van der Waals surface area contributed by atoms with Crippen molar-refractivity contribution in [3.8, 4) is 17.6 Å². The minimum atomic E-state index is -0.666. The van der Waals surface area contributed by atoms with Gasteiger partial charge in [-0.05, 0) is 66.0 Å². The van der Waals surface area contributed by atoms with Crippen LogP contribution in [-0.2, 0) is 9.53 Å². The zero-order valence-corrected chi connectivity index (χ0v) is 23.1. The smallest absolute Gasteiger partial charge is 0.338 e. The molecule has 0 saturated carbocycles. The van der Waals surface area contributed by atoms with Crippen LogP contribution in [0.15, 0.2) is 61.9 Å². The number of benzene rings is 2. The lowest BCUT2D eigenvalue weighted by Crippen LogP contribution is -2.39. The molecular weight excluding hydrogens is 558 g/mol. The Morgan fingerprint density at radius 3 is 2.65 bits per heavy atom. The number of carbonyl (C=O) groups excluding carboxylic acids is 1. The molecule has 0 amide bonds. The molecule has 0 saturated heterocycles. The van der Waals surface area contributed by atoms with Crippen LogP contribution in [-0.4, -0.2) is 30.9 Å². The van der Waals surface area contributed by atoms with Gasteiger partial charge in [-0.25, -0.2) is 9.79 Å². The zero-order chi connectivity index (χ0) is 26.7. The zero-order valence-electron chi connectivity index (χ0n) is 20.7. The summed E-state index contributed by atoms with van der Waals surface area (Å²) in [6, 6.07) is 12.5. The van der Waals surface area contributed by atoms with Crippen LogP contribution in [0.2, 0.25) is 0 Å². The monoisotopic (exact) mass is 581 g/mol. The van der Waals surface area contributed by atoms with Crippen molar-refractivity contribution in [2.75, 3.05) is 20.3 Å². The molecule has 0 spiro atoms. The van der Waals surface area contributed by atoms with Crippen LogP contribution in [0.5, 0.6) is 11.5 Å². The summed E-state index contributed by atoms with van der Waals surface area (Å²) in [6.45, 7) is 5.56. The number of nitriles is 1. The molecule has 190 valence electrons. The van der Waals surface area contributed by atoms with E-state index in [1.807, 2.05) is 37.3 Å². The number of carbonyl (C=O) groups is 1. The average molecular weight is 582 g/mol. The molecule has 8 nitrogen and oxygen atoms in total. The number of thiazole rings is 1. The van der Waals surface area contributed by atoms with Gasteiger partial charge >= 0.3 is 5.97 Å². The molecule has 0 radical (unpaired) electrons. The van der Waals surface area contributed by atoms with Crippen LogP contribution < -0.4 is 24.4 Å². The van der Waals surface area contributed by atoms with Crippen LogP contribution in [0.3, 0.4) is 0 Å². The van der Waals surface area contributed by atoms with Crippen molar-refractivity contribution < 1.29 is 19.0 Å². The molecule has 1 aliphatic rings. The molecule has 3 aromatic rings. The predicted molar refractivity (Wildman–Crippen MR) is 143 cm³/mol. The summed E-state index contributed by atoms with van der Waals surface area (Å²) in [5, 5.41) is 8.85. The Morgan fingerprint density at radius 2 is 2.00 bits per heavy atom. The fourth-order valence-electron chi connectivity index (χ4n) is 4.07. The molecule has 0 aliphatic carbocycles. The second-order valence-corrected chi connectivity index (χ2v) is 10.1. The minimum Gasteiger partial charge on any atom is -0.493 e. The summed E-state index contributed by atoms with van der Waals surface area (Å²) in [5.41, 5.74) is 3.12. The van der Waals surface area contributed by atoms with E-state index in [1.165, 1.54) is 18.4 Å². The first-order valence-electron chi connectivity index (χ1n) is 11.4. The van der Waals surface area contributed by atoms with Gasteiger partial charge in [-0.15, -0.1) is 0 Å². The highest BCUT2D eigenvalue weighted by atomic mass is 79.9. The molecule has 0 N–H and O–H groups in total. The number of halogens is 1. The second kappa shape index (κ2) is 11.2. The predicted octanol–water partition coefficient (Wildman–Crippen LogP) is 3.78. The molecule has 2 aromatic carbocycles. The summed E-state index contributed by atoms with van der Waals surface area (Å²) in [7, 11) is 1.50. The highest BCUT2D eigenvalue weighted by Gasteiger charge is 2.33. The third kappa shape index (κ3) is 5.24. The van der Waals surface area contributed by atoms with Gasteiger partial charge in [-0.3, -0.25) is 9.36 Å². The average Bonchev–Trinajstić information content (AvgIpc) is 3.17. The molecule has 37 heavy (non-hydrogen) atoms. The molecule has 1 aliphatic heterocycles. The summed E-state index contributed by atoms with van der Waals surface area (Å²) >= 11 is 4.70. The van der Waals surface area contributed by atoms with Crippen molar-refractivity contribution >= 4 is 39.3 Å². The maximum absolute atomic E-state index is 13.8. The van der Waals surface area contributed by atoms with Gasteiger partial charge in [0.05, 0.1) is 40.0 Å². The van der Waals surface area contributed by atoms with E-state index >= 15 is 0 Å². The number of hydrogen-bond donors (Lipinski definition) is 0. The van der Waals surface area contributed by atoms with Gasteiger partial charge < -0.3 is 14.2 Å². The van der Waals surface area contributed by atoms with E-state index in [0.717, 1.165) is 11.1 Å². The Labute approximate surface area is 225 Å². The summed E-state index contributed by atoms with van der Waals surface area (Å²) in [4.78, 5) is 31.8. The third-order valence-corrected chi connectivity index (χ3v) is 7.31. The van der Waals surface area contributed by atoms with E-state index in [4.69, 9.17) is 19.5 Å². The van der Waals surface area contributed by atoms with Crippen molar-refractivity contribution in [2.45, 2.75) is 26.8 Å². The van der Waals surface area contributed by atoms with Crippen LogP contribution in [0.4, 0.5) is 0 Å². The lowest BCUT2D eigenvalue weighted by Gasteiger charge is -2.24. The Hall–Kier alpha value is -3.68. The van der Waals surface area contributed by atoms with Gasteiger partial charge in [-0.2, -0.15) is 5.26 Å². The number of aryl methyl sites for hydroxylation is 1. The van der Waals surface area contributed by atoms with Crippen LogP contribution >= 0.6 is 27.3 Å². The van der Waals surface area contributed by atoms with Crippen molar-refractivity contribution in [1.82, 2.24) is 4.57 Å². The molecule has 2 heterocycles. The first kappa shape index (κ1) is 26.4. The maximum atomic E-state index is 13.8. The normalized spacial score (nSPS) is 15.0. The second-order valence-electron chi connectivity index (χ2n) is 8.19. The van der Waals surface area contributed by atoms with Gasteiger partial charge in [0.25, 0.3) is 5.56 Å². The third-order valence-electron chi connectivity index (χ3n) is 5.74. The van der Waals surface area contributed by atoms with Crippen molar-refractivity contribution in [3.05, 3.63) is 88.5 Å². The number of hydrogen-bond acceptors (Lipinski definition) is 8. The molecule has 0 bridgehead atoms. The van der Waals surface area contributed by atoms with E-state index in [2.05, 4.69) is 20.9 Å². The number of ether oxygens (including phenoxy) is 3. The standard InChI is InChI=1S/C27H24BrN3O5S/c1-5-35-26(33)22-16(3)30-27-31(23(22)18-8-6-15(2)7-9-18)25(32)21(37-27)14-17-12-19(28)24(36-11-10-29)20(13-17)34-4/h6-9,12-14,23H,5,11H2,1-4H3/b21-14+/t23-/m1/s1. The van der Waals surface area contributed by atoms with Gasteiger partial charge in [0.1, 0.15) is 6.07 Å². The van der Waals surface area contributed by atoms with E-state index in [0.29, 0.717) is 42.1 Å². The number of aromatic nitrogens is 1. The van der Waals surface area contributed by atoms with Crippen LogP contribution in [0.25, 0.3) is 6.08 Å². The first-order valence-corrected chi connectivity index (χ1v) is 13.0. The van der Waals surface area contributed by atoms with Crippen molar-refractivity contribution in [1.29, 1.82) is 5.26 Å². The fourth-order valence-corrected chi connectivity index (χ4v) is 5.70. The maximum Gasteiger partial charge on any atom is 0.338 e. The number of rotatable bonds is 7. The largest absolute Gasteiger partial charge is 0.493 e. The Kier molecular flexibility index (Phi) is 7.95. The molecule has 1 aromatic heterocycles. The van der Waals surface area contributed by atoms with E-state index in [9.17, 15) is 9.59 Å². The van der Waals surface area contributed by atoms with Gasteiger partial charge in [0, 0.05) is 0 Å². The van der Waals surface area contributed by atoms with E-state index in [-0.39, 0.29) is 18.8 Å². The number of fused-ring (bicyclic) bond motifs is 1. The molecule has 0 unspecified atom stereocenters. The summed E-state index contributed by atoms with van der Waals surface area (Å²) in [5.74, 6) is 0.323. The Bertz CT molecular complexity index is 1610. The number of allylic oxidation sites excluding steroid dienone is 1. The summed E-state index contributed by atoms with van der Waals surface area (Å²) < 4.78 is 18.8. The molecule has 4 rings (SSSR count). The number of methoxy groups -OCH3 is 1. The lowest BCUT2D eigenvalue weighted by molar-refractivity contribution is -0.139. The minimum absolute atomic E-state index is 0.131. The Balaban J connectivity index is 1.90. The quantitative estimate of drug-likeness (QED) is 0.393. The van der Waals surface area contributed by atoms with Gasteiger partial charge in [0.2, 0.25) is 0 Å². The van der Waals surface area contributed by atoms with Crippen LogP contribution in [0.1, 0.15) is 36.6 Å². The lowest BCUT2D eigenvalue weighted by atomic mass is 9.95. The summed E-state index contributed by atoms with van der Waals surface area (Å²) in [6.07, 6.45) is 1.74. The number of nitrogens with zero attached hydrogens (tertiary/aromatic N) is 3. The van der Waals surface area contributed by atoms with Gasteiger partial charge in [0.15, 0.2) is 22.9 Å². The first-order chi connectivity index (χ1) is 17.8. The highest BCUT2D eigenvalue weighted by molar-refractivity contribution is 9.10. The van der Waals surface area contributed by atoms with Crippen molar-refractivity contribution in [3.63, 3.8) is 0 Å². The topological polar surface area (TPSA) is 103 Å². The van der Waals surface area contributed by atoms with E-state index in [1.54, 1.807) is 36.6 Å². The molecule has 1 atom stereocenters. The molecule has 0 fully saturated rings. The number of esters is 1. The SMILES string of the molecule is CCOC(=O)C1=C(C)N=c2s/c(=C/c3cc(Br)c(OCC#N)c(OC)c3)c(=O)n2[C@@H]1c1ccc(C)cc1. The Morgan fingerprint density at radius 1 is 1.27 bits per heavy atom. The van der Waals surface area contributed by atoms with Crippen LogP contribution in [0, 0.1) is 18.3 Å². The van der Waals surface area contributed by atoms with Crippen molar-refractivity contribution in [2.24, 2.45) is 4.99 Å². The van der Waals surface area contributed by atoms with Gasteiger partial charge in [-0.1, -0.05) is 41.2 Å². The molecule has 10 heteroatoms. The fraction of sp³-hybridized carbons (Fsp3) is 0.259. The van der Waals surface area contributed by atoms with E-state index < -0.39 is 12.0 Å².